The SMILES string of the molecule is C=CC(=O)N1CCCC1C(=O)N(C)C.Cc1c[nH]c(N)c1/C=C(\N)c1ccccc1O. The molecule has 31 heavy (non-hydrogen) atoms. The first-order chi connectivity index (χ1) is 14.7. The van der Waals surface area contributed by atoms with Crippen LogP contribution in [0.4, 0.5) is 5.82 Å². The minimum atomic E-state index is -0.282. The lowest BCUT2D eigenvalue weighted by atomic mass is 10.1. The van der Waals surface area contributed by atoms with Gasteiger partial charge in [-0.05, 0) is 49.6 Å². The fourth-order valence-corrected chi connectivity index (χ4v) is 3.40. The zero-order chi connectivity index (χ0) is 23.1. The quantitative estimate of drug-likeness (QED) is 0.559. The monoisotopic (exact) mass is 425 g/mol. The molecule has 1 aliphatic heterocycles. The predicted octanol–water partition coefficient (Wildman–Crippen LogP) is 2.32. The summed E-state index contributed by atoms with van der Waals surface area (Å²) in [6, 6.07) is 6.66. The molecule has 1 aromatic heterocycles. The minimum absolute atomic E-state index is 0.00213. The van der Waals surface area contributed by atoms with Crippen LogP contribution in [0.25, 0.3) is 11.8 Å². The van der Waals surface area contributed by atoms with E-state index in [1.807, 2.05) is 19.2 Å². The molecule has 0 spiro atoms. The number of likely N-dealkylation sites (N-methyl/N-ethyl adjacent to an activating group) is 1. The number of likely N-dealkylation sites (tertiary alicyclic amines) is 1. The number of carbonyl (C=O) groups excluding carboxylic acids is 2. The molecular formula is C23H31N5O3. The molecule has 1 aromatic carbocycles. The van der Waals surface area contributed by atoms with Gasteiger partial charge in [-0.15, -0.1) is 0 Å². The summed E-state index contributed by atoms with van der Waals surface area (Å²) < 4.78 is 0. The third kappa shape index (κ3) is 5.69. The maximum atomic E-state index is 11.7. The van der Waals surface area contributed by atoms with Crippen LogP contribution in [0.1, 0.15) is 29.5 Å². The first kappa shape index (κ1) is 23.6. The molecule has 0 saturated carbocycles. The Labute approximate surface area is 182 Å². The van der Waals surface area contributed by atoms with Gasteiger partial charge >= 0.3 is 0 Å². The number of aromatic hydroxyl groups is 1. The standard InChI is InChI=1S/C13H15N3O.C10H16N2O2/c1-8-7-16-13(15)10(8)6-11(14)9-4-2-3-5-12(9)17;1-4-9(13)12-7-5-6-8(12)10(14)11(2)3/h2-7,16-17H,14-15H2,1H3;4,8H,1,5-7H2,2-3H3/b11-6-;. The van der Waals surface area contributed by atoms with Crippen LogP contribution in [0.5, 0.6) is 5.75 Å². The number of aromatic nitrogens is 1. The van der Waals surface area contributed by atoms with Crippen LogP contribution in [0.3, 0.4) is 0 Å². The van der Waals surface area contributed by atoms with Crippen molar-refractivity contribution in [3.63, 3.8) is 0 Å². The highest BCUT2D eigenvalue weighted by molar-refractivity contribution is 5.93. The number of para-hydroxylation sites is 1. The van der Waals surface area contributed by atoms with E-state index in [-0.39, 0.29) is 23.6 Å². The lowest BCUT2D eigenvalue weighted by Crippen LogP contribution is -2.44. The fraction of sp³-hybridized carbons (Fsp3) is 0.304. The smallest absolute Gasteiger partial charge is 0.246 e. The molecular weight excluding hydrogens is 394 g/mol. The molecule has 2 heterocycles. The van der Waals surface area contributed by atoms with Crippen LogP contribution < -0.4 is 11.5 Å². The predicted molar refractivity (Wildman–Crippen MR) is 124 cm³/mol. The molecule has 2 amide bonds. The van der Waals surface area contributed by atoms with Gasteiger partial charge in [-0.2, -0.15) is 0 Å². The van der Waals surface area contributed by atoms with E-state index >= 15 is 0 Å². The number of rotatable bonds is 4. The van der Waals surface area contributed by atoms with Gasteiger partial charge in [-0.3, -0.25) is 9.59 Å². The van der Waals surface area contributed by atoms with Gasteiger partial charge in [0.2, 0.25) is 11.8 Å². The third-order valence-corrected chi connectivity index (χ3v) is 5.11. The molecule has 1 fully saturated rings. The van der Waals surface area contributed by atoms with Gasteiger partial charge in [0, 0.05) is 43.7 Å². The van der Waals surface area contributed by atoms with Crippen LogP contribution in [0.2, 0.25) is 0 Å². The Morgan fingerprint density at radius 3 is 2.55 bits per heavy atom. The summed E-state index contributed by atoms with van der Waals surface area (Å²) in [5.74, 6) is 0.578. The van der Waals surface area contributed by atoms with Crippen molar-refractivity contribution >= 4 is 29.4 Å². The van der Waals surface area contributed by atoms with E-state index in [1.165, 1.54) is 11.0 Å². The number of nitrogens with one attached hydrogen (secondary N) is 1. The molecule has 166 valence electrons. The van der Waals surface area contributed by atoms with E-state index in [0.29, 0.717) is 23.6 Å². The number of H-pyrrole nitrogens is 1. The van der Waals surface area contributed by atoms with Crippen molar-refractivity contribution in [2.75, 3.05) is 26.4 Å². The number of benzene rings is 1. The molecule has 8 nitrogen and oxygen atoms in total. The number of nitrogens with zero attached hydrogens (tertiary/aromatic N) is 2. The van der Waals surface area contributed by atoms with Crippen molar-refractivity contribution < 1.29 is 14.7 Å². The lowest BCUT2D eigenvalue weighted by Gasteiger charge is -2.24. The van der Waals surface area contributed by atoms with Crippen molar-refractivity contribution in [1.82, 2.24) is 14.8 Å². The molecule has 0 aliphatic carbocycles. The summed E-state index contributed by atoms with van der Waals surface area (Å²) in [4.78, 5) is 29.1. The van der Waals surface area contributed by atoms with E-state index < -0.39 is 0 Å². The van der Waals surface area contributed by atoms with Gasteiger partial charge in [0.15, 0.2) is 0 Å². The highest BCUT2D eigenvalue weighted by Crippen LogP contribution is 2.25. The third-order valence-electron chi connectivity index (χ3n) is 5.11. The molecule has 3 rings (SSSR count). The summed E-state index contributed by atoms with van der Waals surface area (Å²) in [5, 5.41) is 9.69. The molecule has 1 atom stereocenters. The van der Waals surface area contributed by atoms with E-state index in [9.17, 15) is 14.7 Å². The molecule has 8 heteroatoms. The Hall–Kier alpha value is -3.68. The van der Waals surface area contributed by atoms with Gasteiger partial charge in [0.1, 0.15) is 17.6 Å². The van der Waals surface area contributed by atoms with Gasteiger partial charge < -0.3 is 31.4 Å². The number of aromatic amines is 1. The van der Waals surface area contributed by atoms with E-state index in [2.05, 4.69) is 11.6 Å². The van der Waals surface area contributed by atoms with Gasteiger partial charge in [-0.25, -0.2) is 0 Å². The summed E-state index contributed by atoms with van der Waals surface area (Å²) in [6.07, 6.45) is 6.50. The largest absolute Gasteiger partial charge is 0.507 e. The van der Waals surface area contributed by atoms with Crippen molar-refractivity contribution in [3.05, 3.63) is 59.8 Å². The summed E-state index contributed by atoms with van der Waals surface area (Å²) in [6.45, 7) is 6.03. The van der Waals surface area contributed by atoms with Crippen LogP contribution in [-0.4, -0.2) is 58.4 Å². The zero-order valence-electron chi connectivity index (χ0n) is 18.3. The van der Waals surface area contributed by atoms with Crippen molar-refractivity contribution in [1.29, 1.82) is 0 Å². The molecule has 0 bridgehead atoms. The summed E-state index contributed by atoms with van der Waals surface area (Å²) in [5.41, 5.74) is 14.7. The average molecular weight is 426 g/mol. The first-order valence-electron chi connectivity index (χ1n) is 10.0. The molecule has 2 aromatic rings. The lowest BCUT2D eigenvalue weighted by molar-refractivity contribution is -0.139. The number of phenols is 1. The number of phenolic OH excluding ortho intramolecular Hbond substituents is 1. The Morgan fingerprint density at radius 1 is 1.32 bits per heavy atom. The highest BCUT2D eigenvalue weighted by Gasteiger charge is 2.33. The minimum Gasteiger partial charge on any atom is -0.507 e. The molecule has 1 aliphatic rings. The zero-order valence-corrected chi connectivity index (χ0v) is 18.3. The van der Waals surface area contributed by atoms with Crippen LogP contribution in [-0.2, 0) is 9.59 Å². The fourth-order valence-electron chi connectivity index (χ4n) is 3.40. The second-order valence-corrected chi connectivity index (χ2v) is 7.54. The molecule has 0 radical (unpaired) electrons. The van der Waals surface area contributed by atoms with Crippen molar-refractivity contribution in [2.45, 2.75) is 25.8 Å². The van der Waals surface area contributed by atoms with Gasteiger partial charge in [0.25, 0.3) is 0 Å². The maximum absolute atomic E-state index is 11.7. The molecule has 1 saturated heterocycles. The number of aryl methyl sites for hydroxylation is 1. The average Bonchev–Trinajstić information content (AvgIpc) is 3.35. The van der Waals surface area contributed by atoms with E-state index in [0.717, 1.165) is 24.0 Å². The summed E-state index contributed by atoms with van der Waals surface area (Å²) >= 11 is 0. The normalized spacial score (nSPS) is 15.8. The first-order valence-corrected chi connectivity index (χ1v) is 10.0. The van der Waals surface area contributed by atoms with E-state index in [4.69, 9.17) is 11.5 Å². The number of amides is 2. The number of nitrogen functional groups attached to an aromatic ring is 1. The maximum Gasteiger partial charge on any atom is 0.246 e. The highest BCUT2D eigenvalue weighted by atomic mass is 16.3. The summed E-state index contributed by atoms with van der Waals surface area (Å²) in [7, 11) is 3.41. The topological polar surface area (TPSA) is 129 Å². The van der Waals surface area contributed by atoms with Crippen molar-refractivity contribution in [2.24, 2.45) is 5.73 Å². The van der Waals surface area contributed by atoms with Gasteiger partial charge in [-0.1, -0.05) is 18.7 Å². The Morgan fingerprint density at radius 2 is 2.00 bits per heavy atom. The second-order valence-electron chi connectivity index (χ2n) is 7.54. The second kappa shape index (κ2) is 10.4. The number of carbonyl (C=O) groups is 2. The number of anilines is 1. The molecule has 1 unspecified atom stereocenters. The van der Waals surface area contributed by atoms with E-state index in [1.54, 1.807) is 43.3 Å². The van der Waals surface area contributed by atoms with Crippen LogP contribution in [0.15, 0.2) is 43.1 Å². The van der Waals surface area contributed by atoms with Crippen LogP contribution in [0, 0.1) is 6.92 Å². The van der Waals surface area contributed by atoms with Crippen molar-refractivity contribution in [3.8, 4) is 5.75 Å². The number of nitrogens with two attached hydrogens (primary N) is 2. The molecule has 6 N–H and O–H groups in total. The Bertz CT molecular complexity index is 958. The van der Waals surface area contributed by atoms with Gasteiger partial charge in [0.05, 0.1) is 0 Å². The number of hydrogen-bond donors (Lipinski definition) is 4. The number of hydrogen-bond acceptors (Lipinski definition) is 5. The van der Waals surface area contributed by atoms with Crippen LogP contribution >= 0.6 is 0 Å². The Kier molecular flexibility index (Phi) is 7.90. The Balaban J connectivity index is 0.000000225.